The molecule has 128 valence electrons. The molecule has 0 saturated carbocycles. The Kier molecular flexibility index (Phi) is 9.40. The molecule has 0 aromatic heterocycles. The molecule has 0 aliphatic carbocycles. The van der Waals surface area contributed by atoms with Crippen molar-refractivity contribution in [1.29, 1.82) is 0 Å². The van der Waals surface area contributed by atoms with Crippen molar-refractivity contribution in [2.75, 3.05) is 60.4 Å². The number of carbonyl (C=O) groups is 3. The van der Waals surface area contributed by atoms with Gasteiger partial charge in [-0.05, 0) is 0 Å². The second-order valence-corrected chi connectivity index (χ2v) is 5.66. The number of rotatable bonds is 9. The molecule has 0 aromatic rings. The third-order valence-corrected chi connectivity index (χ3v) is 3.87. The Labute approximate surface area is 133 Å². The minimum atomic E-state index is 0.0293. The Morgan fingerprint density at radius 1 is 0.545 bits per heavy atom. The molecule has 0 heterocycles. The summed E-state index contributed by atoms with van der Waals surface area (Å²) in [6.07, 6.45) is 0. The summed E-state index contributed by atoms with van der Waals surface area (Å²) in [5, 5.41) is 0. The van der Waals surface area contributed by atoms with E-state index in [9.17, 15) is 14.4 Å². The molecule has 0 aliphatic rings. The monoisotopic (exact) mass is 314 g/mol. The van der Waals surface area contributed by atoms with Crippen molar-refractivity contribution in [3.63, 3.8) is 0 Å². The highest BCUT2D eigenvalue weighted by atomic mass is 16.2. The van der Waals surface area contributed by atoms with Gasteiger partial charge >= 0.3 is 0 Å². The average Bonchev–Trinajstić information content (AvgIpc) is 2.44. The first-order chi connectivity index (χ1) is 10.1. The van der Waals surface area contributed by atoms with Crippen LogP contribution in [0.1, 0.15) is 20.8 Å². The van der Waals surface area contributed by atoms with Gasteiger partial charge in [-0.2, -0.15) is 0 Å². The Hall–Kier alpha value is -1.63. The molecule has 22 heavy (non-hydrogen) atoms. The average molecular weight is 314 g/mol. The summed E-state index contributed by atoms with van der Waals surface area (Å²) in [6.45, 7) is 8.65. The minimum Gasteiger partial charge on any atom is -0.345 e. The molecule has 7 heteroatoms. The normalized spacial score (nSPS) is 10.5. The summed E-state index contributed by atoms with van der Waals surface area (Å²) < 4.78 is 0. The van der Waals surface area contributed by atoms with Gasteiger partial charge in [0, 0.05) is 81.2 Å². The Morgan fingerprint density at radius 2 is 0.773 bits per heavy atom. The maximum atomic E-state index is 11.3. The summed E-state index contributed by atoms with van der Waals surface area (Å²) in [4.78, 5) is 41.0. The molecule has 0 aromatic carbocycles. The van der Waals surface area contributed by atoms with Crippen LogP contribution in [0, 0.1) is 0 Å². The predicted molar refractivity (Wildman–Crippen MR) is 86.4 cm³/mol. The third-order valence-electron chi connectivity index (χ3n) is 3.87. The largest absolute Gasteiger partial charge is 0.345 e. The highest BCUT2D eigenvalue weighted by Crippen LogP contribution is 1.95. The second kappa shape index (κ2) is 10.2. The number of amides is 3. The van der Waals surface area contributed by atoms with Crippen molar-refractivity contribution in [2.45, 2.75) is 20.8 Å². The number of likely N-dealkylation sites (N-methyl/N-ethyl adjacent to an activating group) is 3. The Morgan fingerprint density at radius 3 is 0.955 bits per heavy atom. The smallest absolute Gasteiger partial charge is 0.219 e. The van der Waals surface area contributed by atoms with Crippen LogP contribution in [-0.4, -0.2) is 97.7 Å². The van der Waals surface area contributed by atoms with Crippen LogP contribution < -0.4 is 0 Å². The van der Waals surface area contributed by atoms with E-state index in [0.717, 1.165) is 0 Å². The molecule has 3 amide bonds. The van der Waals surface area contributed by atoms with E-state index >= 15 is 0 Å². The lowest BCUT2D eigenvalue weighted by atomic mass is 10.3. The van der Waals surface area contributed by atoms with Gasteiger partial charge in [0.25, 0.3) is 0 Å². The zero-order chi connectivity index (χ0) is 17.3. The highest BCUT2D eigenvalue weighted by molar-refractivity contribution is 5.73. The first kappa shape index (κ1) is 20.4. The maximum Gasteiger partial charge on any atom is 0.219 e. The van der Waals surface area contributed by atoms with E-state index in [2.05, 4.69) is 4.90 Å². The van der Waals surface area contributed by atoms with Gasteiger partial charge in [0.05, 0.1) is 0 Å². The van der Waals surface area contributed by atoms with E-state index in [1.54, 1.807) is 35.8 Å². The van der Waals surface area contributed by atoms with Crippen LogP contribution in [0.15, 0.2) is 0 Å². The minimum absolute atomic E-state index is 0.0293. The lowest BCUT2D eigenvalue weighted by molar-refractivity contribution is -0.128. The first-order valence-corrected chi connectivity index (χ1v) is 7.52. The standard InChI is InChI=1S/C15H30N4O3/c1-13(20)16(4)7-10-19(11-8-17(5)14(2)21)12-9-18(6)15(3)22/h7-12H2,1-6H3. The van der Waals surface area contributed by atoms with Crippen molar-refractivity contribution >= 4 is 17.7 Å². The van der Waals surface area contributed by atoms with Crippen molar-refractivity contribution in [1.82, 2.24) is 19.6 Å². The van der Waals surface area contributed by atoms with Crippen molar-refractivity contribution in [2.24, 2.45) is 0 Å². The van der Waals surface area contributed by atoms with Crippen LogP contribution >= 0.6 is 0 Å². The molecule has 0 rings (SSSR count). The lowest BCUT2D eigenvalue weighted by Crippen LogP contribution is -2.43. The Balaban J connectivity index is 4.44. The molecule has 0 atom stereocenters. The molecule has 0 bridgehead atoms. The third kappa shape index (κ3) is 8.61. The molecular formula is C15H30N4O3. The number of hydrogen-bond acceptors (Lipinski definition) is 4. The molecule has 0 unspecified atom stereocenters. The van der Waals surface area contributed by atoms with E-state index in [0.29, 0.717) is 39.3 Å². The lowest BCUT2D eigenvalue weighted by Gasteiger charge is -2.28. The predicted octanol–water partition coefficient (Wildman–Crippen LogP) is -0.277. The van der Waals surface area contributed by atoms with E-state index in [-0.39, 0.29) is 17.7 Å². The number of hydrogen-bond donors (Lipinski definition) is 0. The molecule has 0 radical (unpaired) electrons. The van der Waals surface area contributed by atoms with E-state index in [4.69, 9.17) is 0 Å². The van der Waals surface area contributed by atoms with E-state index < -0.39 is 0 Å². The van der Waals surface area contributed by atoms with Gasteiger partial charge in [0.15, 0.2) is 0 Å². The molecule has 0 aliphatic heterocycles. The molecule has 7 nitrogen and oxygen atoms in total. The fourth-order valence-corrected chi connectivity index (χ4v) is 1.68. The topological polar surface area (TPSA) is 64.2 Å². The van der Waals surface area contributed by atoms with Gasteiger partial charge in [-0.25, -0.2) is 0 Å². The van der Waals surface area contributed by atoms with Crippen molar-refractivity contribution < 1.29 is 14.4 Å². The molecule has 0 fully saturated rings. The van der Waals surface area contributed by atoms with Crippen molar-refractivity contribution in [3.05, 3.63) is 0 Å². The zero-order valence-electron chi connectivity index (χ0n) is 14.8. The van der Waals surface area contributed by atoms with Crippen LogP contribution in [0.3, 0.4) is 0 Å². The summed E-state index contributed by atoms with van der Waals surface area (Å²) in [7, 11) is 5.30. The zero-order valence-corrected chi connectivity index (χ0v) is 14.8. The highest BCUT2D eigenvalue weighted by Gasteiger charge is 2.12. The van der Waals surface area contributed by atoms with Crippen LogP contribution in [0.25, 0.3) is 0 Å². The maximum absolute atomic E-state index is 11.3. The quantitative estimate of drug-likeness (QED) is 0.587. The van der Waals surface area contributed by atoms with Crippen LogP contribution in [-0.2, 0) is 14.4 Å². The molecule has 0 spiro atoms. The first-order valence-electron chi connectivity index (χ1n) is 7.52. The summed E-state index contributed by atoms with van der Waals surface area (Å²) in [6, 6.07) is 0. The molecule has 0 saturated heterocycles. The SMILES string of the molecule is CC(=O)N(C)CCN(CCN(C)C(C)=O)CCN(C)C(C)=O. The summed E-state index contributed by atoms with van der Waals surface area (Å²) in [5.74, 6) is 0.0879. The fraction of sp³-hybridized carbons (Fsp3) is 0.800. The molecule has 0 N–H and O–H groups in total. The summed E-state index contributed by atoms with van der Waals surface area (Å²) in [5.41, 5.74) is 0. The van der Waals surface area contributed by atoms with Gasteiger partial charge in [-0.1, -0.05) is 0 Å². The van der Waals surface area contributed by atoms with Crippen molar-refractivity contribution in [3.8, 4) is 0 Å². The van der Waals surface area contributed by atoms with Crippen LogP contribution in [0.4, 0.5) is 0 Å². The number of nitrogens with zero attached hydrogens (tertiary/aromatic N) is 4. The van der Waals surface area contributed by atoms with E-state index in [1.807, 2.05) is 0 Å². The van der Waals surface area contributed by atoms with Crippen LogP contribution in [0.2, 0.25) is 0 Å². The van der Waals surface area contributed by atoms with E-state index in [1.165, 1.54) is 20.8 Å². The van der Waals surface area contributed by atoms with Crippen LogP contribution in [0.5, 0.6) is 0 Å². The summed E-state index contributed by atoms with van der Waals surface area (Å²) >= 11 is 0. The van der Waals surface area contributed by atoms with Gasteiger partial charge in [0.1, 0.15) is 0 Å². The van der Waals surface area contributed by atoms with Gasteiger partial charge < -0.3 is 14.7 Å². The Bertz CT molecular complexity index is 330. The fourth-order valence-electron chi connectivity index (χ4n) is 1.68. The number of carbonyl (C=O) groups excluding carboxylic acids is 3. The molecular weight excluding hydrogens is 284 g/mol. The second-order valence-electron chi connectivity index (χ2n) is 5.66. The van der Waals surface area contributed by atoms with Gasteiger partial charge in [0.2, 0.25) is 17.7 Å². The van der Waals surface area contributed by atoms with Gasteiger partial charge in [-0.3, -0.25) is 19.3 Å². The van der Waals surface area contributed by atoms with Gasteiger partial charge in [-0.15, -0.1) is 0 Å².